The van der Waals surface area contributed by atoms with E-state index in [1.165, 1.54) is 11.8 Å². The van der Waals surface area contributed by atoms with E-state index in [2.05, 4.69) is 41.2 Å². The number of benzene rings is 2. The summed E-state index contributed by atoms with van der Waals surface area (Å²) in [5.74, 6) is 0.192. The topological polar surface area (TPSA) is 63.1 Å². The maximum absolute atomic E-state index is 12.3. The molecule has 0 radical (unpaired) electrons. The van der Waals surface area contributed by atoms with Crippen molar-refractivity contribution in [3.05, 3.63) is 60.9 Å². The van der Waals surface area contributed by atoms with E-state index in [-0.39, 0.29) is 11.7 Å². The van der Waals surface area contributed by atoms with Gasteiger partial charge in [0.05, 0.1) is 5.75 Å². The van der Waals surface area contributed by atoms with E-state index >= 15 is 0 Å². The molecular weight excluding hydrogens is 370 g/mol. The first kappa shape index (κ1) is 19.9. The fourth-order valence-electron chi connectivity index (χ4n) is 3.00. The second-order valence-electron chi connectivity index (χ2n) is 6.58. The fraction of sp³-hybridized carbons (Fsp3) is 0.286. The van der Waals surface area contributed by atoms with Crippen molar-refractivity contribution in [1.29, 1.82) is 0 Å². The molecule has 0 fully saturated rings. The molecule has 28 heavy (non-hydrogen) atoms. The quantitative estimate of drug-likeness (QED) is 0.578. The molecule has 3 rings (SSSR count). The average molecular weight is 396 g/mol. The van der Waals surface area contributed by atoms with Gasteiger partial charge in [-0.2, -0.15) is 0 Å². The molecule has 1 N–H and O–H groups in total. The van der Waals surface area contributed by atoms with Crippen LogP contribution in [-0.4, -0.2) is 39.0 Å². The van der Waals surface area contributed by atoms with Crippen LogP contribution in [-0.2, 0) is 4.79 Å². The van der Waals surface area contributed by atoms with Gasteiger partial charge >= 0.3 is 0 Å². The lowest BCUT2D eigenvalue weighted by molar-refractivity contribution is -0.113. The Hall–Kier alpha value is -2.80. The molecule has 146 valence electrons. The van der Waals surface area contributed by atoms with Gasteiger partial charge in [-0.25, -0.2) is 0 Å². The number of rotatable bonds is 8. The van der Waals surface area contributed by atoms with Crippen molar-refractivity contribution in [3.8, 4) is 5.69 Å². The first-order valence-corrected chi connectivity index (χ1v) is 10.3. The Kier molecular flexibility index (Phi) is 6.71. The van der Waals surface area contributed by atoms with Crippen LogP contribution in [0.15, 0.2) is 66.1 Å². The summed E-state index contributed by atoms with van der Waals surface area (Å²) in [6.07, 6.45) is 1.66. The Morgan fingerprint density at radius 3 is 2.50 bits per heavy atom. The van der Waals surface area contributed by atoms with Gasteiger partial charge in [-0.05, 0) is 57.2 Å². The molecule has 7 heteroatoms. The Labute approximate surface area is 170 Å². The third-order valence-corrected chi connectivity index (χ3v) is 5.27. The number of carbonyl (C=O) groups excluding carboxylic acids is 1. The van der Waals surface area contributed by atoms with Crippen molar-refractivity contribution < 1.29 is 4.79 Å². The molecule has 2 aromatic carbocycles. The number of aromatic nitrogens is 3. The van der Waals surface area contributed by atoms with Crippen molar-refractivity contribution >= 4 is 29.0 Å². The molecular formula is C21H25N5OS. The number of carbonyl (C=O) groups is 1. The van der Waals surface area contributed by atoms with Crippen LogP contribution in [0.2, 0.25) is 0 Å². The number of hydrogen-bond donors (Lipinski definition) is 1. The van der Waals surface area contributed by atoms with Crippen molar-refractivity contribution in [2.45, 2.75) is 32.0 Å². The monoisotopic (exact) mass is 395 g/mol. The van der Waals surface area contributed by atoms with Crippen molar-refractivity contribution in [1.82, 2.24) is 14.8 Å². The number of anilines is 2. The number of thioether (sulfide) groups is 1. The minimum absolute atomic E-state index is 0.0726. The summed E-state index contributed by atoms with van der Waals surface area (Å²) in [5.41, 5.74) is 2.91. The van der Waals surface area contributed by atoms with Crippen molar-refractivity contribution in [2.75, 3.05) is 22.5 Å². The van der Waals surface area contributed by atoms with Gasteiger partial charge in [0, 0.05) is 29.6 Å². The van der Waals surface area contributed by atoms with Crippen LogP contribution in [0.5, 0.6) is 0 Å². The first-order valence-electron chi connectivity index (χ1n) is 9.33. The zero-order valence-corrected chi connectivity index (χ0v) is 17.2. The van der Waals surface area contributed by atoms with E-state index in [4.69, 9.17) is 0 Å². The third kappa shape index (κ3) is 4.92. The Balaban J connectivity index is 1.58. The zero-order chi connectivity index (χ0) is 19.9. The Bertz CT molecular complexity index is 893. The largest absolute Gasteiger partial charge is 0.369 e. The summed E-state index contributed by atoms with van der Waals surface area (Å²) < 4.78 is 1.87. The number of hydrogen-bond acceptors (Lipinski definition) is 5. The molecule has 0 aliphatic rings. The standard InChI is InChI=1S/C21H25N5OS/c1-4-25(16(2)3)19-12-10-17(11-13-19)23-20(27)14-28-21-24-22-15-26(21)18-8-6-5-7-9-18/h5-13,15-16H,4,14H2,1-3H3,(H,23,27). The molecule has 3 aromatic rings. The maximum atomic E-state index is 12.3. The number of amides is 1. The van der Waals surface area contributed by atoms with Crippen LogP contribution < -0.4 is 10.2 Å². The maximum Gasteiger partial charge on any atom is 0.234 e. The van der Waals surface area contributed by atoms with Gasteiger partial charge in [0.25, 0.3) is 0 Å². The molecule has 0 atom stereocenters. The van der Waals surface area contributed by atoms with Crippen LogP contribution in [0.4, 0.5) is 11.4 Å². The number of nitrogens with zero attached hydrogens (tertiary/aromatic N) is 4. The average Bonchev–Trinajstić information content (AvgIpc) is 3.17. The summed E-state index contributed by atoms with van der Waals surface area (Å²) >= 11 is 1.36. The highest BCUT2D eigenvalue weighted by atomic mass is 32.2. The predicted molar refractivity (Wildman–Crippen MR) is 115 cm³/mol. The molecule has 0 unspecified atom stereocenters. The second-order valence-corrected chi connectivity index (χ2v) is 7.53. The molecule has 1 amide bonds. The van der Waals surface area contributed by atoms with Gasteiger partial charge in [0.15, 0.2) is 5.16 Å². The van der Waals surface area contributed by atoms with Gasteiger partial charge in [-0.15, -0.1) is 10.2 Å². The summed E-state index contributed by atoms with van der Waals surface area (Å²) in [5, 5.41) is 11.7. The lowest BCUT2D eigenvalue weighted by atomic mass is 10.2. The smallest absolute Gasteiger partial charge is 0.234 e. The lowest BCUT2D eigenvalue weighted by Crippen LogP contribution is -2.30. The Morgan fingerprint density at radius 1 is 1.14 bits per heavy atom. The van der Waals surface area contributed by atoms with Crippen LogP contribution in [0, 0.1) is 0 Å². The molecule has 6 nitrogen and oxygen atoms in total. The molecule has 1 aromatic heterocycles. The van der Waals surface area contributed by atoms with Gasteiger partial charge in [-0.3, -0.25) is 9.36 Å². The van der Waals surface area contributed by atoms with E-state index in [0.29, 0.717) is 11.2 Å². The molecule has 0 spiro atoms. The molecule has 0 saturated carbocycles. The highest BCUT2D eigenvalue weighted by Crippen LogP contribution is 2.22. The van der Waals surface area contributed by atoms with E-state index in [9.17, 15) is 4.79 Å². The van der Waals surface area contributed by atoms with Gasteiger partial charge in [0.1, 0.15) is 6.33 Å². The van der Waals surface area contributed by atoms with E-state index in [1.54, 1.807) is 6.33 Å². The summed E-state index contributed by atoms with van der Waals surface area (Å²) in [7, 11) is 0. The highest BCUT2D eigenvalue weighted by Gasteiger charge is 2.11. The minimum atomic E-state index is -0.0726. The normalized spacial score (nSPS) is 10.9. The number of nitrogens with one attached hydrogen (secondary N) is 1. The molecule has 0 aliphatic heterocycles. The van der Waals surface area contributed by atoms with Crippen LogP contribution in [0.25, 0.3) is 5.69 Å². The fourth-order valence-corrected chi connectivity index (χ4v) is 3.73. The van der Waals surface area contributed by atoms with E-state index in [1.807, 2.05) is 59.2 Å². The molecule has 0 saturated heterocycles. The SMILES string of the molecule is CCN(c1ccc(NC(=O)CSc2nncn2-c2ccccc2)cc1)C(C)C. The van der Waals surface area contributed by atoms with E-state index in [0.717, 1.165) is 23.6 Å². The Morgan fingerprint density at radius 2 is 1.86 bits per heavy atom. The van der Waals surface area contributed by atoms with Crippen LogP contribution in [0.1, 0.15) is 20.8 Å². The van der Waals surface area contributed by atoms with Crippen molar-refractivity contribution in [2.24, 2.45) is 0 Å². The molecule has 1 heterocycles. The predicted octanol–water partition coefficient (Wildman–Crippen LogP) is 4.23. The second kappa shape index (κ2) is 9.41. The summed E-state index contributed by atoms with van der Waals surface area (Å²) in [4.78, 5) is 14.6. The van der Waals surface area contributed by atoms with Gasteiger partial charge in [0.2, 0.25) is 5.91 Å². The van der Waals surface area contributed by atoms with Crippen LogP contribution >= 0.6 is 11.8 Å². The molecule has 0 bridgehead atoms. The molecule has 0 aliphatic carbocycles. The minimum Gasteiger partial charge on any atom is -0.369 e. The van der Waals surface area contributed by atoms with Gasteiger partial charge < -0.3 is 10.2 Å². The van der Waals surface area contributed by atoms with E-state index < -0.39 is 0 Å². The third-order valence-electron chi connectivity index (χ3n) is 4.33. The number of para-hydroxylation sites is 1. The lowest BCUT2D eigenvalue weighted by Gasteiger charge is -2.27. The first-order chi connectivity index (χ1) is 13.6. The highest BCUT2D eigenvalue weighted by molar-refractivity contribution is 7.99. The summed E-state index contributed by atoms with van der Waals surface area (Å²) in [6, 6.07) is 18.2. The van der Waals surface area contributed by atoms with Crippen molar-refractivity contribution in [3.63, 3.8) is 0 Å². The van der Waals surface area contributed by atoms with Crippen LogP contribution in [0.3, 0.4) is 0 Å². The summed E-state index contributed by atoms with van der Waals surface area (Å²) in [6.45, 7) is 7.43. The zero-order valence-electron chi connectivity index (χ0n) is 16.4. The van der Waals surface area contributed by atoms with Gasteiger partial charge in [-0.1, -0.05) is 30.0 Å².